The standard InChI is InChI=1S/C22H27F2N3O3S/c1-26(2)20(17-6-5-7-18(23)14-17)15-25-22(28)16-10-12-27(13-11-16)31(29,30)21-9-4-3-8-19(21)24/h3-9,14,16,20H,10-13,15H2,1-2H3,(H,25,28). The molecule has 0 saturated carbocycles. The maximum Gasteiger partial charge on any atom is 0.245 e. The monoisotopic (exact) mass is 451 g/mol. The average molecular weight is 452 g/mol. The maximum absolute atomic E-state index is 14.0. The lowest BCUT2D eigenvalue weighted by molar-refractivity contribution is -0.126. The van der Waals surface area contributed by atoms with E-state index in [0.29, 0.717) is 19.4 Å². The van der Waals surface area contributed by atoms with Crippen molar-refractivity contribution in [2.45, 2.75) is 23.8 Å². The number of nitrogens with zero attached hydrogens (tertiary/aromatic N) is 2. The van der Waals surface area contributed by atoms with Gasteiger partial charge in [-0.25, -0.2) is 17.2 Å². The van der Waals surface area contributed by atoms with Gasteiger partial charge in [0.15, 0.2) is 0 Å². The number of likely N-dealkylation sites (N-methyl/N-ethyl adjacent to an activating group) is 1. The van der Waals surface area contributed by atoms with Crippen molar-refractivity contribution in [3.8, 4) is 0 Å². The van der Waals surface area contributed by atoms with Crippen LogP contribution in [0.3, 0.4) is 0 Å². The van der Waals surface area contributed by atoms with Crippen LogP contribution in [-0.2, 0) is 14.8 Å². The maximum atomic E-state index is 14.0. The van der Waals surface area contributed by atoms with Gasteiger partial charge in [-0.1, -0.05) is 24.3 Å². The van der Waals surface area contributed by atoms with Gasteiger partial charge in [0, 0.05) is 25.6 Å². The number of sulfonamides is 1. The third-order valence-electron chi connectivity index (χ3n) is 5.61. The first-order valence-electron chi connectivity index (χ1n) is 10.1. The lowest BCUT2D eigenvalue weighted by Gasteiger charge is -2.31. The van der Waals surface area contributed by atoms with Gasteiger partial charge in [0.05, 0.1) is 6.04 Å². The third-order valence-corrected chi connectivity index (χ3v) is 7.54. The van der Waals surface area contributed by atoms with Crippen LogP contribution in [0.25, 0.3) is 0 Å². The molecule has 0 spiro atoms. The predicted octanol–water partition coefficient (Wildman–Crippen LogP) is 2.78. The van der Waals surface area contributed by atoms with Crippen LogP contribution in [0, 0.1) is 17.6 Å². The van der Waals surface area contributed by atoms with Gasteiger partial charge in [-0.05, 0) is 56.8 Å². The highest BCUT2D eigenvalue weighted by Crippen LogP contribution is 2.26. The highest BCUT2D eigenvalue weighted by Gasteiger charge is 2.33. The summed E-state index contributed by atoms with van der Waals surface area (Å²) in [6.07, 6.45) is 0.707. The number of rotatable bonds is 7. The van der Waals surface area contributed by atoms with E-state index >= 15 is 0 Å². The topological polar surface area (TPSA) is 69.7 Å². The number of piperidine rings is 1. The van der Waals surface area contributed by atoms with Crippen molar-refractivity contribution in [2.75, 3.05) is 33.7 Å². The normalized spacial score (nSPS) is 16.9. The Balaban J connectivity index is 1.58. The Kier molecular flexibility index (Phi) is 7.40. The minimum atomic E-state index is -3.93. The van der Waals surface area contributed by atoms with Crippen LogP contribution in [0.1, 0.15) is 24.4 Å². The Morgan fingerprint density at radius 3 is 2.42 bits per heavy atom. The molecule has 0 bridgehead atoms. The van der Waals surface area contributed by atoms with Gasteiger partial charge < -0.3 is 10.2 Å². The Morgan fingerprint density at radius 1 is 1.13 bits per heavy atom. The van der Waals surface area contributed by atoms with Gasteiger partial charge in [0.2, 0.25) is 15.9 Å². The molecule has 6 nitrogen and oxygen atoms in total. The van der Waals surface area contributed by atoms with Gasteiger partial charge in [-0.15, -0.1) is 0 Å². The third kappa shape index (κ3) is 5.47. The Morgan fingerprint density at radius 2 is 1.81 bits per heavy atom. The van der Waals surface area contributed by atoms with Crippen LogP contribution in [-0.4, -0.2) is 57.3 Å². The molecule has 1 fully saturated rings. The molecule has 31 heavy (non-hydrogen) atoms. The molecule has 0 radical (unpaired) electrons. The van der Waals surface area contributed by atoms with Crippen LogP contribution < -0.4 is 5.32 Å². The average Bonchev–Trinajstić information content (AvgIpc) is 2.74. The molecule has 1 saturated heterocycles. The van der Waals surface area contributed by atoms with E-state index in [9.17, 15) is 22.0 Å². The molecule has 1 N–H and O–H groups in total. The zero-order valence-electron chi connectivity index (χ0n) is 17.6. The number of carbonyl (C=O) groups excluding carboxylic acids is 1. The van der Waals surface area contributed by atoms with Crippen molar-refractivity contribution in [3.05, 3.63) is 65.7 Å². The van der Waals surface area contributed by atoms with Gasteiger partial charge >= 0.3 is 0 Å². The van der Waals surface area contributed by atoms with E-state index in [4.69, 9.17) is 0 Å². The predicted molar refractivity (Wildman–Crippen MR) is 114 cm³/mol. The molecule has 1 aliphatic heterocycles. The van der Waals surface area contributed by atoms with Crippen molar-refractivity contribution < 1.29 is 22.0 Å². The summed E-state index contributed by atoms with van der Waals surface area (Å²) >= 11 is 0. The minimum absolute atomic E-state index is 0.149. The summed E-state index contributed by atoms with van der Waals surface area (Å²) in [4.78, 5) is 14.2. The number of benzene rings is 2. The van der Waals surface area contributed by atoms with E-state index in [1.54, 1.807) is 6.07 Å². The number of amides is 1. The summed E-state index contributed by atoms with van der Waals surface area (Å²) in [5.74, 6) is -1.61. The summed E-state index contributed by atoms with van der Waals surface area (Å²) < 4.78 is 54.2. The van der Waals surface area contributed by atoms with Crippen LogP contribution in [0.4, 0.5) is 8.78 Å². The second-order valence-corrected chi connectivity index (χ2v) is 9.79. The fourth-order valence-corrected chi connectivity index (χ4v) is 5.34. The summed E-state index contributed by atoms with van der Waals surface area (Å²) in [6.45, 7) is 0.606. The number of hydrogen-bond acceptors (Lipinski definition) is 4. The molecule has 1 unspecified atom stereocenters. The molecule has 1 aliphatic rings. The highest BCUT2D eigenvalue weighted by atomic mass is 32.2. The zero-order valence-corrected chi connectivity index (χ0v) is 18.4. The first-order valence-corrected chi connectivity index (χ1v) is 11.6. The summed E-state index contributed by atoms with van der Waals surface area (Å²) in [5.41, 5.74) is 0.760. The van der Waals surface area contributed by atoms with E-state index in [1.165, 1.54) is 34.6 Å². The molecule has 0 aromatic heterocycles. The van der Waals surface area contributed by atoms with E-state index in [-0.39, 0.29) is 41.7 Å². The van der Waals surface area contributed by atoms with Crippen molar-refractivity contribution in [2.24, 2.45) is 5.92 Å². The molecule has 1 atom stereocenters. The number of halogens is 2. The SMILES string of the molecule is CN(C)C(CNC(=O)C1CCN(S(=O)(=O)c2ccccc2F)CC1)c1cccc(F)c1. The first kappa shape index (κ1) is 23.3. The van der Waals surface area contributed by atoms with Crippen molar-refractivity contribution in [3.63, 3.8) is 0 Å². The van der Waals surface area contributed by atoms with Crippen LogP contribution in [0.15, 0.2) is 53.4 Å². The Labute approximate surface area is 181 Å². The largest absolute Gasteiger partial charge is 0.354 e. The number of carbonyl (C=O) groups is 1. The fraction of sp³-hybridized carbons (Fsp3) is 0.409. The zero-order chi connectivity index (χ0) is 22.6. The summed E-state index contributed by atoms with van der Waals surface area (Å²) in [5, 5.41) is 2.92. The van der Waals surface area contributed by atoms with E-state index in [0.717, 1.165) is 11.6 Å². The number of hydrogen-bond donors (Lipinski definition) is 1. The molecule has 1 heterocycles. The quantitative estimate of drug-likeness (QED) is 0.703. The summed E-state index contributed by atoms with van der Waals surface area (Å²) in [6, 6.07) is 11.4. The first-order chi connectivity index (χ1) is 14.7. The molecule has 1 amide bonds. The second-order valence-electron chi connectivity index (χ2n) is 7.89. The molecular formula is C22H27F2N3O3S. The van der Waals surface area contributed by atoms with Crippen molar-refractivity contribution >= 4 is 15.9 Å². The molecule has 168 valence electrons. The molecular weight excluding hydrogens is 424 g/mol. The van der Waals surface area contributed by atoms with E-state index in [2.05, 4.69) is 5.32 Å². The minimum Gasteiger partial charge on any atom is -0.354 e. The van der Waals surface area contributed by atoms with Crippen LogP contribution in [0.5, 0.6) is 0 Å². The molecule has 3 rings (SSSR count). The lowest BCUT2D eigenvalue weighted by Crippen LogP contribution is -2.44. The Bertz CT molecular complexity index is 1020. The molecule has 0 aliphatic carbocycles. The second kappa shape index (κ2) is 9.84. The van der Waals surface area contributed by atoms with Gasteiger partial charge in [0.1, 0.15) is 16.5 Å². The van der Waals surface area contributed by atoms with E-state index < -0.39 is 15.8 Å². The smallest absolute Gasteiger partial charge is 0.245 e. The fourth-order valence-electron chi connectivity index (χ4n) is 3.81. The van der Waals surface area contributed by atoms with Crippen molar-refractivity contribution in [1.82, 2.24) is 14.5 Å². The van der Waals surface area contributed by atoms with Gasteiger partial charge in [-0.3, -0.25) is 4.79 Å². The van der Waals surface area contributed by atoms with Crippen molar-refractivity contribution in [1.29, 1.82) is 0 Å². The van der Waals surface area contributed by atoms with Crippen LogP contribution in [0.2, 0.25) is 0 Å². The molecule has 2 aromatic carbocycles. The summed E-state index contributed by atoms with van der Waals surface area (Å²) in [7, 11) is -0.225. The highest BCUT2D eigenvalue weighted by molar-refractivity contribution is 7.89. The van der Waals surface area contributed by atoms with Crippen LogP contribution >= 0.6 is 0 Å². The molecule has 9 heteroatoms. The molecule has 2 aromatic rings. The lowest BCUT2D eigenvalue weighted by atomic mass is 9.97. The van der Waals surface area contributed by atoms with Gasteiger partial charge in [0.25, 0.3) is 0 Å². The van der Waals surface area contributed by atoms with Gasteiger partial charge in [-0.2, -0.15) is 4.31 Å². The van der Waals surface area contributed by atoms with E-state index in [1.807, 2.05) is 25.1 Å². The Hall–Kier alpha value is -2.36. The number of nitrogens with one attached hydrogen (secondary N) is 1.